The predicted molar refractivity (Wildman–Crippen MR) is 162 cm³/mol. The van der Waals surface area contributed by atoms with E-state index in [9.17, 15) is 0 Å². The molecule has 6 nitrogen and oxygen atoms in total. The van der Waals surface area contributed by atoms with Gasteiger partial charge < -0.3 is 0 Å². The van der Waals surface area contributed by atoms with Crippen molar-refractivity contribution in [1.29, 1.82) is 0 Å². The van der Waals surface area contributed by atoms with E-state index in [1.54, 1.807) is 0 Å². The van der Waals surface area contributed by atoms with Crippen LogP contribution in [-0.2, 0) is 0 Å². The average molecular weight is 503 g/mol. The van der Waals surface area contributed by atoms with Crippen molar-refractivity contribution in [3.05, 3.63) is 84.2 Å². The summed E-state index contributed by atoms with van der Waals surface area (Å²) in [4.78, 5) is 4.18. The van der Waals surface area contributed by atoms with Crippen molar-refractivity contribution in [3.63, 3.8) is 0 Å². The molecule has 0 saturated carbocycles. The van der Waals surface area contributed by atoms with Crippen LogP contribution in [0.4, 0.5) is 0 Å². The third-order valence-electron chi connectivity index (χ3n) is 7.56. The Bertz CT molecular complexity index is 1650. The summed E-state index contributed by atoms with van der Waals surface area (Å²) in [6.07, 6.45) is 4.47. The Morgan fingerprint density at radius 3 is 1.34 bits per heavy atom. The maximum absolute atomic E-state index is 5.07. The number of hydrogen-bond donors (Lipinski definition) is 0. The highest BCUT2D eigenvalue weighted by Crippen LogP contribution is 2.32. The maximum Gasteiger partial charge on any atom is 0.0957 e. The van der Waals surface area contributed by atoms with Crippen LogP contribution in [-0.4, -0.2) is 46.0 Å². The van der Waals surface area contributed by atoms with Gasteiger partial charge in [-0.2, -0.15) is 19.8 Å². The van der Waals surface area contributed by atoms with E-state index in [0.29, 0.717) is 0 Å². The van der Waals surface area contributed by atoms with E-state index in [4.69, 9.17) is 10.2 Å². The van der Waals surface area contributed by atoms with Gasteiger partial charge >= 0.3 is 0 Å². The molecular formula is C32H34N6. The minimum atomic E-state index is 0.869. The quantitative estimate of drug-likeness (QED) is 0.229. The summed E-state index contributed by atoms with van der Waals surface area (Å²) < 4.78 is 0. The lowest BCUT2D eigenvalue weighted by molar-refractivity contribution is 0.556. The second kappa shape index (κ2) is 9.86. The fourth-order valence-corrected chi connectivity index (χ4v) is 5.61. The first-order valence-electron chi connectivity index (χ1n) is 13.7. The van der Waals surface area contributed by atoms with Gasteiger partial charge in [0, 0.05) is 37.0 Å². The first-order valence-corrected chi connectivity index (χ1v) is 13.7. The van der Waals surface area contributed by atoms with Gasteiger partial charge in [0.25, 0.3) is 0 Å². The highest BCUT2D eigenvalue weighted by molar-refractivity contribution is 6.12. The molecule has 0 unspecified atom stereocenters. The highest BCUT2D eigenvalue weighted by Gasteiger charge is 2.18. The monoisotopic (exact) mass is 502 g/mol. The Kier molecular flexibility index (Phi) is 6.24. The van der Waals surface area contributed by atoms with E-state index < -0.39 is 0 Å². The number of benzene rings is 4. The molecule has 6 rings (SSSR count). The molecule has 4 aromatic carbocycles. The third-order valence-corrected chi connectivity index (χ3v) is 7.56. The Labute approximate surface area is 223 Å². The molecule has 6 heteroatoms. The number of hydrogen-bond acceptors (Lipinski definition) is 4. The van der Waals surface area contributed by atoms with Crippen LogP contribution in [0.1, 0.15) is 39.1 Å². The standard InChI is InChI=1S/C32H34N6/c1-5-35(6-2)37-29(31-25-15-11-9-13-23(25)17-19-27(31)33-37)21-22-30-32-26-16-12-10-14-24(26)18-20-28(32)34-38(30)36(7-3)8-4/h9-22H,5-8H2,1-4H3/b22-21+. The molecule has 0 spiro atoms. The number of rotatable bonds is 8. The van der Waals surface area contributed by atoms with Crippen molar-refractivity contribution in [2.45, 2.75) is 27.7 Å². The topological polar surface area (TPSA) is 42.1 Å². The van der Waals surface area contributed by atoms with Gasteiger partial charge in [-0.1, -0.05) is 60.7 Å². The molecule has 0 radical (unpaired) electrons. The van der Waals surface area contributed by atoms with Crippen LogP contribution in [0.2, 0.25) is 0 Å². The summed E-state index contributed by atoms with van der Waals surface area (Å²) in [5.41, 5.74) is 4.17. The number of aromatic nitrogens is 4. The van der Waals surface area contributed by atoms with Gasteiger partial charge in [-0.3, -0.25) is 10.0 Å². The van der Waals surface area contributed by atoms with Crippen molar-refractivity contribution in [2.75, 3.05) is 36.2 Å². The van der Waals surface area contributed by atoms with Crippen molar-refractivity contribution in [1.82, 2.24) is 19.8 Å². The third kappa shape index (κ3) is 3.79. The molecule has 0 atom stereocenters. The average Bonchev–Trinajstić information content (AvgIpc) is 3.52. The van der Waals surface area contributed by atoms with Crippen LogP contribution in [0.15, 0.2) is 72.8 Å². The highest BCUT2D eigenvalue weighted by atomic mass is 15.7. The molecule has 38 heavy (non-hydrogen) atoms. The van der Waals surface area contributed by atoms with Crippen LogP contribution >= 0.6 is 0 Å². The minimum absolute atomic E-state index is 0.869. The van der Waals surface area contributed by atoms with E-state index >= 15 is 0 Å². The summed E-state index contributed by atoms with van der Waals surface area (Å²) in [5, 5.41) is 21.9. The molecular weight excluding hydrogens is 468 g/mol. The molecule has 0 bridgehead atoms. The molecule has 192 valence electrons. The first kappa shape index (κ1) is 24.0. The molecule has 0 aliphatic carbocycles. The van der Waals surface area contributed by atoms with Crippen molar-refractivity contribution in [2.24, 2.45) is 0 Å². The van der Waals surface area contributed by atoms with Crippen LogP contribution in [0.25, 0.3) is 55.5 Å². The van der Waals surface area contributed by atoms with Crippen molar-refractivity contribution < 1.29 is 0 Å². The van der Waals surface area contributed by atoms with Crippen LogP contribution in [0.5, 0.6) is 0 Å². The summed E-state index contributed by atoms with van der Waals surface area (Å²) in [6, 6.07) is 25.8. The zero-order chi connectivity index (χ0) is 26.2. The lowest BCUT2D eigenvalue weighted by Crippen LogP contribution is -2.36. The lowest BCUT2D eigenvalue weighted by atomic mass is 10.0. The maximum atomic E-state index is 5.07. The van der Waals surface area contributed by atoms with Gasteiger partial charge in [-0.15, -0.1) is 0 Å². The zero-order valence-electron chi connectivity index (χ0n) is 22.6. The Morgan fingerprint density at radius 1 is 0.553 bits per heavy atom. The predicted octanol–water partition coefficient (Wildman–Crippen LogP) is 6.82. The van der Waals surface area contributed by atoms with E-state index in [2.05, 4.69) is 132 Å². The van der Waals surface area contributed by atoms with Gasteiger partial charge in [-0.25, -0.2) is 0 Å². The van der Waals surface area contributed by atoms with E-state index in [-0.39, 0.29) is 0 Å². The zero-order valence-corrected chi connectivity index (χ0v) is 22.6. The molecule has 0 N–H and O–H groups in total. The fourth-order valence-electron chi connectivity index (χ4n) is 5.61. The van der Waals surface area contributed by atoms with E-state index in [1.165, 1.54) is 32.3 Å². The normalized spacial score (nSPS) is 12.0. The molecule has 0 fully saturated rings. The Morgan fingerprint density at radius 2 is 0.947 bits per heavy atom. The Hall–Kier alpha value is -4.32. The number of nitrogens with zero attached hydrogens (tertiary/aromatic N) is 6. The molecule has 0 aliphatic heterocycles. The molecule has 2 aromatic heterocycles. The molecule has 0 saturated heterocycles. The summed E-state index contributed by atoms with van der Waals surface area (Å²) >= 11 is 0. The van der Waals surface area contributed by atoms with Crippen molar-refractivity contribution in [3.8, 4) is 0 Å². The second-order valence-corrected chi connectivity index (χ2v) is 9.52. The molecule has 0 aliphatic rings. The largest absolute Gasteiger partial charge is 0.297 e. The smallest absolute Gasteiger partial charge is 0.0957 e. The van der Waals surface area contributed by atoms with E-state index in [0.717, 1.165) is 48.6 Å². The lowest BCUT2D eigenvalue weighted by Gasteiger charge is -2.23. The van der Waals surface area contributed by atoms with E-state index in [1.807, 2.05) is 0 Å². The summed E-state index contributed by atoms with van der Waals surface area (Å²) in [6.45, 7) is 12.2. The van der Waals surface area contributed by atoms with Gasteiger partial charge in [0.05, 0.1) is 22.4 Å². The summed E-state index contributed by atoms with van der Waals surface area (Å²) in [5.74, 6) is 0. The van der Waals surface area contributed by atoms with Gasteiger partial charge in [-0.05, 0) is 73.5 Å². The number of fused-ring (bicyclic) bond motifs is 6. The minimum Gasteiger partial charge on any atom is -0.297 e. The second-order valence-electron chi connectivity index (χ2n) is 9.52. The summed E-state index contributed by atoms with van der Waals surface area (Å²) in [7, 11) is 0. The van der Waals surface area contributed by atoms with Gasteiger partial charge in [0.1, 0.15) is 0 Å². The van der Waals surface area contributed by atoms with Crippen LogP contribution in [0, 0.1) is 0 Å². The SMILES string of the molecule is CCN(CC)n1nc2ccc3ccccc3c2c1/C=C/c1c2c(ccc3ccccc32)nn1N(CC)CC. The molecule has 0 amide bonds. The molecule has 6 aromatic rings. The van der Waals surface area contributed by atoms with Gasteiger partial charge in [0.15, 0.2) is 0 Å². The van der Waals surface area contributed by atoms with Crippen LogP contribution in [0.3, 0.4) is 0 Å². The fraction of sp³-hybridized carbons (Fsp3) is 0.250. The van der Waals surface area contributed by atoms with Crippen LogP contribution < -0.4 is 10.0 Å². The Balaban J connectivity index is 1.66. The molecule has 2 heterocycles. The van der Waals surface area contributed by atoms with Gasteiger partial charge in [0.2, 0.25) is 0 Å². The first-order chi connectivity index (χ1) is 18.7. The van der Waals surface area contributed by atoms with Crippen molar-refractivity contribution >= 4 is 55.5 Å².